The fraction of sp³-hybridized carbons (Fsp3) is 0.462. The molecule has 2 aromatic carbocycles. The number of nitrogens with one attached hydrogen (secondary N) is 2. The van der Waals surface area contributed by atoms with Gasteiger partial charge in [-0.25, -0.2) is 0 Å². The number of benzene rings is 2. The molecule has 1 aliphatic carbocycles. The molecule has 1 amide bonds. The molecule has 0 bridgehead atoms. The highest BCUT2D eigenvalue weighted by Crippen LogP contribution is 2.32. The molecule has 1 saturated carbocycles. The van der Waals surface area contributed by atoms with Gasteiger partial charge >= 0.3 is 5.97 Å². The van der Waals surface area contributed by atoms with Crippen molar-refractivity contribution < 1.29 is 24.2 Å². The first-order valence-electron chi connectivity index (χ1n) is 11.5. The second kappa shape index (κ2) is 12.1. The maximum atomic E-state index is 12.7. The molecule has 3 rings (SSSR count). The number of carbonyl (C=O) groups excluding carboxylic acids is 1. The molecule has 1 unspecified atom stereocenters. The monoisotopic (exact) mass is 488 g/mol. The van der Waals surface area contributed by atoms with Gasteiger partial charge in [0.2, 0.25) is 0 Å². The van der Waals surface area contributed by atoms with Crippen LogP contribution in [0.4, 0.5) is 5.69 Å². The normalized spacial score (nSPS) is 18.7. The number of rotatable bonds is 10. The molecule has 0 spiro atoms. The molecular weight excluding hydrogens is 456 g/mol. The average molecular weight is 489 g/mol. The van der Waals surface area contributed by atoms with Crippen LogP contribution < -0.4 is 15.4 Å². The Morgan fingerprint density at radius 3 is 2.47 bits per heavy atom. The molecule has 7 nitrogen and oxygen atoms in total. The van der Waals surface area contributed by atoms with Crippen LogP contribution in [-0.2, 0) is 9.53 Å². The third kappa shape index (κ3) is 6.64. The van der Waals surface area contributed by atoms with E-state index in [9.17, 15) is 9.59 Å². The maximum Gasteiger partial charge on any atom is 0.306 e. The molecule has 34 heavy (non-hydrogen) atoms. The first-order chi connectivity index (χ1) is 16.3. The summed E-state index contributed by atoms with van der Waals surface area (Å²) in [5.74, 6) is -0.0503. The SMILES string of the molecule is COCC(Nc1ccc(C(=O)NC[C@H]2CC[C@H](C(=O)O)CC2)cc1C)c1cc(Cl)ccc1OC. The van der Waals surface area contributed by atoms with Crippen LogP contribution in [0.3, 0.4) is 0 Å². The van der Waals surface area contributed by atoms with E-state index in [1.165, 1.54) is 0 Å². The molecule has 1 atom stereocenters. The van der Waals surface area contributed by atoms with Crippen LogP contribution in [-0.4, -0.2) is 44.4 Å². The summed E-state index contributed by atoms with van der Waals surface area (Å²) in [6.45, 7) is 2.92. The van der Waals surface area contributed by atoms with Crippen LogP contribution in [0, 0.1) is 18.8 Å². The zero-order chi connectivity index (χ0) is 24.7. The number of aliphatic carboxylic acids is 1. The van der Waals surface area contributed by atoms with Gasteiger partial charge in [-0.3, -0.25) is 9.59 Å². The third-order valence-corrected chi connectivity index (χ3v) is 6.70. The molecule has 0 aromatic heterocycles. The fourth-order valence-corrected chi connectivity index (χ4v) is 4.64. The molecule has 184 valence electrons. The predicted octanol–water partition coefficient (Wildman–Crippen LogP) is 5.08. The molecule has 0 saturated heterocycles. The minimum absolute atomic E-state index is 0.125. The lowest BCUT2D eigenvalue weighted by atomic mass is 9.82. The van der Waals surface area contributed by atoms with Crippen LogP contribution in [0.5, 0.6) is 5.75 Å². The van der Waals surface area contributed by atoms with Crippen LogP contribution in [0.15, 0.2) is 36.4 Å². The van der Waals surface area contributed by atoms with E-state index in [4.69, 9.17) is 26.2 Å². The summed E-state index contributed by atoms with van der Waals surface area (Å²) in [7, 11) is 3.26. The molecule has 8 heteroatoms. The quantitative estimate of drug-likeness (QED) is 0.431. The van der Waals surface area contributed by atoms with E-state index in [0.717, 1.165) is 29.7 Å². The molecule has 2 aromatic rings. The minimum Gasteiger partial charge on any atom is -0.496 e. The molecule has 3 N–H and O–H groups in total. The number of hydrogen-bond donors (Lipinski definition) is 3. The number of carboxylic acid groups (broad SMARTS) is 1. The van der Waals surface area contributed by atoms with Gasteiger partial charge in [-0.1, -0.05) is 11.6 Å². The van der Waals surface area contributed by atoms with Gasteiger partial charge in [0.05, 0.1) is 25.7 Å². The van der Waals surface area contributed by atoms with E-state index >= 15 is 0 Å². The highest BCUT2D eigenvalue weighted by atomic mass is 35.5. The van der Waals surface area contributed by atoms with Crippen molar-refractivity contribution in [3.8, 4) is 5.75 Å². The first kappa shape index (κ1) is 25.8. The number of ether oxygens (including phenoxy) is 2. The van der Waals surface area contributed by atoms with Gasteiger partial charge in [0.25, 0.3) is 5.91 Å². The second-order valence-corrected chi connectivity index (χ2v) is 9.27. The summed E-state index contributed by atoms with van der Waals surface area (Å²) in [5.41, 5.74) is 3.28. The van der Waals surface area contributed by atoms with E-state index in [1.54, 1.807) is 26.4 Å². The topological polar surface area (TPSA) is 96.9 Å². The highest BCUT2D eigenvalue weighted by Gasteiger charge is 2.26. The number of halogens is 1. The summed E-state index contributed by atoms with van der Waals surface area (Å²) >= 11 is 6.22. The number of anilines is 1. The summed E-state index contributed by atoms with van der Waals surface area (Å²) in [5, 5.41) is 16.2. The van der Waals surface area contributed by atoms with Crippen LogP contribution >= 0.6 is 11.6 Å². The largest absolute Gasteiger partial charge is 0.496 e. The van der Waals surface area contributed by atoms with Crippen molar-refractivity contribution in [2.45, 2.75) is 38.6 Å². The number of amides is 1. The lowest BCUT2D eigenvalue weighted by molar-refractivity contribution is -0.143. The standard InChI is InChI=1S/C26H33ClN2O5/c1-16-12-19(25(30)28-14-17-4-6-18(7-5-17)26(31)32)8-10-22(16)29-23(15-33-2)21-13-20(27)9-11-24(21)34-3/h8-13,17-18,23,29H,4-7,14-15H2,1-3H3,(H,28,30)(H,31,32)/t17-,18-,23?. The Kier molecular flexibility index (Phi) is 9.19. The van der Waals surface area contributed by atoms with Gasteiger partial charge in [0, 0.05) is 35.5 Å². The zero-order valence-electron chi connectivity index (χ0n) is 19.9. The Balaban J connectivity index is 1.64. The van der Waals surface area contributed by atoms with Crippen molar-refractivity contribution in [2.24, 2.45) is 11.8 Å². The van der Waals surface area contributed by atoms with Gasteiger partial charge in [0.1, 0.15) is 5.75 Å². The van der Waals surface area contributed by atoms with Crippen molar-refractivity contribution in [1.29, 1.82) is 0 Å². The zero-order valence-corrected chi connectivity index (χ0v) is 20.7. The van der Waals surface area contributed by atoms with E-state index in [1.807, 2.05) is 31.2 Å². The Morgan fingerprint density at radius 2 is 1.85 bits per heavy atom. The van der Waals surface area contributed by atoms with E-state index < -0.39 is 5.97 Å². The van der Waals surface area contributed by atoms with E-state index in [0.29, 0.717) is 48.2 Å². The van der Waals surface area contributed by atoms with Gasteiger partial charge in [-0.15, -0.1) is 0 Å². The Labute approximate surface area is 205 Å². The molecule has 0 heterocycles. The van der Waals surface area contributed by atoms with Crippen molar-refractivity contribution in [2.75, 3.05) is 32.7 Å². The average Bonchev–Trinajstić information content (AvgIpc) is 2.83. The van der Waals surface area contributed by atoms with Gasteiger partial charge in [-0.2, -0.15) is 0 Å². The second-order valence-electron chi connectivity index (χ2n) is 8.83. The molecular formula is C26H33ClN2O5. The Morgan fingerprint density at radius 1 is 1.12 bits per heavy atom. The Hall–Kier alpha value is -2.77. The maximum absolute atomic E-state index is 12.7. The number of carboxylic acids is 1. The van der Waals surface area contributed by atoms with Crippen LogP contribution in [0.1, 0.15) is 53.2 Å². The third-order valence-electron chi connectivity index (χ3n) is 6.47. The van der Waals surface area contributed by atoms with Crippen molar-refractivity contribution in [3.63, 3.8) is 0 Å². The number of aryl methyl sites for hydroxylation is 1. The lowest BCUT2D eigenvalue weighted by Crippen LogP contribution is -2.32. The molecule has 1 aliphatic rings. The van der Waals surface area contributed by atoms with Crippen LogP contribution in [0.25, 0.3) is 0 Å². The summed E-state index contributed by atoms with van der Waals surface area (Å²) in [4.78, 5) is 23.8. The van der Waals surface area contributed by atoms with E-state index in [2.05, 4.69) is 10.6 Å². The van der Waals surface area contributed by atoms with Gasteiger partial charge in [-0.05, 0) is 80.5 Å². The minimum atomic E-state index is -0.715. The number of methoxy groups -OCH3 is 2. The van der Waals surface area contributed by atoms with Crippen molar-refractivity contribution >= 4 is 29.2 Å². The van der Waals surface area contributed by atoms with Gasteiger partial charge < -0.3 is 25.2 Å². The van der Waals surface area contributed by atoms with Gasteiger partial charge in [0.15, 0.2) is 0 Å². The molecule has 0 aliphatic heterocycles. The van der Waals surface area contributed by atoms with Crippen molar-refractivity contribution in [3.05, 3.63) is 58.1 Å². The lowest BCUT2D eigenvalue weighted by Gasteiger charge is -2.26. The number of hydrogen-bond acceptors (Lipinski definition) is 5. The van der Waals surface area contributed by atoms with Crippen molar-refractivity contribution in [1.82, 2.24) is 5.32 Å². The summed E-state index contributed by atoms with van der Waals surface area (Å²) in [6, 6.07) is 10.8. The first-order valence-corrected chi connectivity index (χ1v) is 11.9. The fourth-order valence-electron chi connectivity index (χ4n) is 4.46. The number of carbonyl (C=O) groups is 2. The Bertz CT molecular complexity index is 1000. The molecule has 1 fully saturated rings. The van der Waals surface area contributed by atoms with E-state index in [-0.39, 0.29) is 17.9 Å². The highest BCUT2D eigenvalue weighted by molar-refractivity contribution is 6.30. The predicted molar refractivity (Wildman–Crippen MR) is 133 cm³/mol. The summed E-state index contributed by atoms with van der Waals surface area (Å²) < 4.78 is 10.9. The van der Waals surface area contributed by atoms with Crippen LogP contribution in [0.2, 0.25) is 5.02 Å². The summed E-state index contributed by atoms with van der Waals surface area (Å²) in [6.07, 6.45) is 3.00. The molecule has 0 radical (unpaired) electrons. The smallest absolute Gasteiger partial charge is 0.306 e.